The summed E-state index contributed by atoms with van der Waals surface area (Å²) < 4.78 is 5.93. The van der Waals surface area contributed by atoms with Gasteiger partial charge in [-0.05, 0) is 50.2 Å². The highest BCUT2D eigenvalue weighted by molar-refractivity contribution is 6.30. The van der Waals surface area contributed by atoms with Crippen LogP contribution in [0.15, 0.2) is 61.1 Å². The number of nitrogens with zero attached hydrogens (tertiary/aromatic N) is 2. The minimum absolute atomic E-state index is 0.346. The van der Waals surface area contributed by atoms with E-state index < -0.39 is 0 Å². The van der Waals surface area contributed by atoms with Crippen LogP contribution in [0.5, 0.6) is 11.5 Å². The van der Waals surface area contributed by atoms with Crippen LogP contribution < -0.4 is 9.64 Å². The number of nitrogens with one attached hydrogen (secondary N) is 1. The first-order valence-corrected chi connectivity index (χ1v) is 8.27. The van der Waals surface area contributed by atoms with Gasteiger partial charge in [-0.2, -0.15) is 0 Å². The molecule has 124 valence electrons. The summed E-state index contributed by atoms with van der Waals surface area (Å²) in [5.41, 5.74) is 2.18. The van der Waals surface area contributed by atoms with Gasteiger partial charge in [0.2, 0.25) is 0 Å². The van der Waals surface area contributed by atoms with E-state index in [2.05, 4.69) is 34.8 Å². The molecule has 1 aromatic heterocycles. The maximum absolute atomic E-state index is 5.93. The maximum atomic E-state index is 5.93. The first kappa shape index (κ1) is 16.4. The van der Waals surface area contributed by atoms with Crippen molar-refractivity contribution >= 4 is 17.3 Å². The highest BCUT2D eigenvalue weighted by Crippen LogP contribution is 2.28. The van der Waals surface area contributed by atoms with Crippen molar-refractivity contribution in [1.82, 2.24) is 9.97 Å². The molecule has 0 spiro atoms. The van der Waals surface area contributed by atoms with Crippen LogP contribution in [0, 0.1) is 0 Å². The van der Waals surface area contributed by atoms with E-state index in [-0.39, 0.29) is 0 Å². The Labute approximate surface area is 147 Å². The summed E-state index contributed by atoms with van der Waals surface area (Å²) in [6, 6.07) is 15.8. The molecule has 0 amide bonds. The van der Waals surface area contributed by atoms with E-state index in [0.717, 1.165) is 29.4 Å². The number of aromatic nitrogens is 2. The standard InChI is InChI=1S/C19H20ClN3O/c1-14(2)23(12-16-11-21-13-22-16)17-4-3-5-19(10-17)24-18-8-6-15(20)7-9-18/h3-11,13-14H,12H2,1-2H3,(H,21,22). The van der Waals surface area contributed by atoms with Gasteiger partial charge in [-0.1, -0.05) is 17.7 Å². The number of benzene rings is 2. The Morgan fingerprint density at radius 3 is 2.58 bits per heavy atom. The first-order valence-electron chi connectivity index (χ1n) is 7.89. The van der Waals surface area contributed by atoms with Crippen LogP contribution in [0.2, 0.25) is 5.02 Å². The molecular weight excluding hydrogens is 322 g/mol. The zero-order chi connectivity index (χ0) is 16.9. The van der Waals surface area contributed by atoms with Crippen molar-refractivity contribution in [2.75, 3.05) is 4.90 Å². The van der Waals surface area contributed by atoms with Gasteiger partial charge in [0.1, 0.15) is 11.5 Å². The molecule has 0 radical (unpaired) electrons. The number of anilines is 1. The summed E-state index contributed by atoms with van der Waals surface area (Å²) in [5.74, 6) is 1.56. The third kappa shape index (κ3) is 4.09. The number of ether oxygens (including phenoxy) is 1. The maximum Gasteiger partial charge on any atom is 0.129 e. The van der Waals surface area contributed by atoms with Crippen molar-refractivity contribution < 1.29 is 4.74 Å². The Morgan fingerprint density at radius 2 is 1.92 bits per heavy atom. The third-order valence-corrected chi connectivity index (χ3v) is 3.97. The lowest BCUT2D eigenvalue weighted by Crippen LogP contribution is -2.30. The first-order chi connectivity index (χ1) is 11.6. The van der Waals surface area contributed by atoms with Crippen molar-refractivity contribution in [2.24, 2.45) is 0 Å². The lowest BCUT2D eigenvalue weighted by atomic mass is 10.2. The molecule has 3 rings (SSSR count). The predicted octanol–water partition coefficient (Wildman–Crippen LogP) is 5.27. The molecule has 24 heavy (non-hydrogen) atoms. The fourth-order valence-electron chi connectivity index (χ4n) is 2.49. The number of hydrogen-bond acceptors (Lipinski definition) is 3. The van der Waals surface area contributed by atoms with Gasteiger partial charge < -0.3 is 14.6 Å². The van der Waals surface area contributed by atoms with E-state index in [9.17, 15) is 0 Å². The SMILES string of the molecule is CC(C)N(Cc1cnc[nH]1)c1cccc(Oc2ccc(Cl)cc2)c1. The molecule has 0 fully saturated rings. The zero-order valence-electron chi connectivity index (χ0n) is 13.7. The number of halogens is 1. The normalized spacial score (nSPS) is 10.8. The van der Waals surface area contributed by atoms with Crippen molar-refractivity contribution in [2.45, 2.75) is 26.4 Å². The summed E-state index contributed by atoms with van der Waals surface area (Å²) in [6.45, 7) is 5.11. The molecule has 1 heterocycles. The number of aromatic amines is 1. The molecule has 3 aromatic rings. The minimum atomic E-state index is 0.346. The predicted molar refractivity (Wildman–Crippen MR) is 97.9 cm³/mol. The summed E-state index contributed by atoms with van der Waals surface area (Å²) in [7, 11) is 0. The van der Waals surface area contributed by atoms with Crippen LogP contribution in [0.25, 0.3) is 0 Å². The molecule has 0 aliphatic heterocycles. The molecule has 0 aliphatic rings. The average molecular weight is 342 g/mol. The van der Waals surface area contributed by atoms with Crippen LogP contribution in [0.4, 0.5) is 5.69 Å². The second kappa shape index (κ2) is 7.41. The van der Waals surface area contributed by atoms with E-state index in [1.807, 2.05) is 48.7 Å². The van der Waals surface area contributed by atoms with E-state index >= 15 is 0 Å². The van der Waals surface area contributed by atoms with E-state index in [1.54, 1.807) is 6.33 Å². The number of hydrogen-bond donors (Lipinski definition) is 1. The Balaban J connectivity index is 1.80. The van der Waals surface area contributed by atoms with Crippen LogP contribution in [-0.4, -0.2) is 16.0 Å². The summed E-state index contributed by atoms with van der Waals surface area (Å²) in [4.78, 5) is 9.54. The molecular formula is C19H20ClN3O. The van der Waals surface area contributed by atoms with Crippen LogP contribution >= 0.6 is 11.6 Å². The van der Waals surface area contributed by atoms with E-state index in [1.165, 1.54) is 0 Å². The Kier molecular flexibility index (Phi) is 5.06. The van der Waals surface area contributed by atoms with Crippen molar-refractivity contribution in [3.8, 4) is 11.5 Å². The van der Waals surface area contributed by atoms with Crippen LogP contribution in [0.3, 0.4) is 0 Å². The second-order valence-corrected chi connectivity index (χ2v) is 6.29. The van der Waals surface area contributed by atoms with Gasteiger partial charge in [-0.3, -0.25) is 0 Å². The zero-order valence-corrected chi connectivity index (χ0v) is 14.5. The highest BCUT2D eigenvalue weighted by atomic mass is 35.5. The minimum Gasteiger partial charge on any atom is -0.457 e. The van der Waals surface area contributed by atoms with Gasteiger partial charge in [0, 0.05) is 29.0 Å². The summed E-state index contributed by atoms with van der Waals surface area (Å²) in [5, 5.41) is 0.696. The third-order valence-electron chi connectivity index (χ3n) is 3.72. The van der Waals surface area contributed by atoms with Crippen molar-refractivity contribution in [1.29, 1.82) is 0 Å². The summed E-state index contributed by atoms with van der Waals surface area (Å²) >= 11 is 5.91. The number of H-pyrrole nitrogens is 1. The quantitative estimate of drug-likeness (QED) is 0.664. The summed E-state index contributed by atoms with van der Waals surface area (Å²) in [6.07, 6.45) is 3.55. The van der Waals surface area contributed by atoms with Gasteiger partial charge in [0.25, 0.3) is 0 Å². The lowest BCUT2D eigenvalue weighted by Gasteiger charge is -2.28. The van der Waals surface area contributed by atoms with Gasteiger partial charge in [0.05, 0.1) is 18.6 Å². The monoisotopic (exact) mass is 341 g/mol. The topological polar surface area (TPSA) is 41.2 Å². The van der Waals surface area contributed by atoms with Crippen molar-refractivity contribution in [3.63, 3.8) is 0 Å². The van der Waals surface area contributed by atoms with Crippen LogP contribution in [-0.2, 0) is 6.54 Å². The second-order valence-electron chi connectivity index (χ2n) is 5.85. The largest absolute Gasteiger partial charge is 0.457 e. The van der Waals surface area contributed by atoms with E-state index in [4.69, 9.17) is 16.3 Å². The smallest absolute Gasteiger partial charge is 0.129 e. The van der Waals surface area contributed by atoms with Gasteiger partial charge >= 0.3 is 0 Å². The number of rotatable bonds is 6. The van der Waals surface area contributed by atoms with Crippen molar-refractivity contribution in [3.05, 3.63) is 71.8 Å². The Hall–Kier alpha value is -2.46. The van der Waals surface area contributed by atoms with Gasteiger partial charge in [-0.15, -0.1) is 0 Å². The Bertz CT molecular complexity index is 770. The van der Waals surface area contributed by atoms with Gasteiger partial charge in [0.15, 0.2) is 0 Å². The molecule has 0 unspecified atom stereocenters. The molecule has 2 aromatic carbocycles. The van der Waals surface area contributed by atoms with E-state index in [0.29, 0.717) is 11.1 Å². The molecule has 0 saturated heterocycles. The Morgan fingerprint density at radius 1 is 1.12 bits per heavy atom. The molecule has 0 bridgehead atoms. The molecule has 5 heteroatoms. The molecule has 0 aliphatic carbocycles. The van der Waals surface area contributed by atoms with Gasteiger partial charge in [-0.25, -0.2) is 4.98 Å². The number of imidazole rings is 1. The molecule has 0 saturated carbocycles. The fraction of sp³-hybridized carbons (Fsp3) is 0.211. The fourth-order valence-corrected chi connectivity index (χ4v) is 2.62. The lowest BCUT2D eigenvalue weighted by molar-refractivity contribution is 0.482. The average Bonchev–Trinajstić information content (AvgIpc) is 3.08. The molecule has 4 nitrogen and oxygen atoms in total. The van der Waals surface area contributed by atoms with Crippen LogP contribution in [0.1, 0.15) is 19.5 Å². The molecule has 0 atom stereocenters. The molecule has 1 N–H and O–H groups in total. The highest BCUT2D eigenvalue weighted by Gasteiger charge is 2.13.